The molecule has 0 bridgehead atoms. The van der Waals surface area contributed by atoms with E-state index in [1.165, 1.54) is 0 Å². The summed E-state index contributed by atoms with van der Waals surface area (Å²) in [6, 6.07) is 13.8. The molecule has 6 heteroatoms. The molecule has 0 spiro atoms. The third-order valence-corrected chi connectivity index (χ3v) is 4.91. The number of carbonyl (C=O) groups is 1. The van der Waals surface area contributed by atoms with Gasteiger partial charge < -0.3 is 9.88 Å². The maximum absolute atomic E-state index is 12.4. The SMILES string of the molecule is CN(CCC(c1ccc(Cl)cc1)c1ccccn1)C(=O)CCc1cnc[nH]1. The summed E-state index contributed by atoms with van der Waals surface area (Å²) in [4.78, 5) is 25.8. The average molecular weight is 383 g/mol. The van der Waals surface area contributed by atoms with Crippen LogP contribution in [0.5, 0.6) is 0 Å². The predicted octanol–water partition coefficient (Wildman–Crippen LogP) is 4.07. The van der Waals surface area contributed by atoms with Crippen LogP contribution >= 0.6 is 11.6 Å². The average Bonchev–Trinajstić information content (AvgIpc) is 3.22. The highest BCUT2D eigenvalue weighted by Crippen LogP contribution is 2.27. The van der Waals surface area contributed by atoms with E-state index in [1.54, 1.807) is 23.6 Å². The molecule has 0 aliphatic carbocycles. The van der Waals surface area contributed by atoms with Crippen molar-refractivity contribution in [3.05, 3.63) is 83.2 Å². The number of hydrogen-bond donors (Lipinski definition) is 1. The van der Waals surface area contributed by atoms with Gasteiger partial charge >= 0.3 is 0 Å². The lowest BCUT2D eigenvalue weighted by molar-refractivity contribution is -0.129. The van der Waals surface area contributed by atoms with Crippen molar-refractivity contribution in [2.75, 3.05) is 13.6 Å². The zero-order valence-corrected chi connectivity index (χ0v) is 16.1. The van der Waals surface area contributed by atoms with E-state index in [4.69, 9.17) is 11.6 Å². The van der Waals surface area contributed by atoms with Crippen molar-refractivity contribution >= 4 is 17.5 Å². The number of aryl methyl sites for hydroxylation is 1. The smallest absolute Gasteiger partial charge is 0.222 e. The molecule has 0 aliphatic heterocycles. The van der Waals surface area contributed by atoms with E-state index in [2.05, 4.69) is 15.0 Å². The quantitative estimate of drug-likeness (QED) is 0.638. The number of rotatable bonds is 8. The van der Waals surface area contributed by atoms with Crippen molar-refractivity contribution in [2.45, 2.75) is 25.2 Å². The molecule has 2 aromatic heterocycles. The van der Waals surface area contributed by atoms with E-state index >= 15 is 0 Å². The number of H-pyrrole nitrogens is 1. The van der Waals surface area contributed by atoms with E-state index in [1.807, 2.05) is 49.5 Å². The summed E-state index contributed by atoms with van der Waals surface area (Å²) < 4.78 is 0. The fraction of sp³-hybridized carbons (Fsp3) is 0.286. The molecule has 27 heavy (non-hydrogen) atoms. The van der Waals surface area contributed by atoms with Crippen LogP contribution in [0.1, 0.15) is 35.7 Å². The molecule has 1 aromatic carbocycles. The Morgan fingerprint density at radius 2 is 2.04 bits per heavy atom. The van der Waals surface area contributed by atoms with Crippen LogP contribution in [0.4, 0.5) is 0 Å². The molecule has 0 fully saturated rings. The highest BCUT2D eigenvalue weighted by Gasteiger charge is 2.18. The van der Waals surface area contributed by atoms with Crippen LogP contribution in [-0.2, 0) is 11.2 Å². The van der Waals surface area contributed by atoms with Crippen LogP contribution in [0.2, 0.25) is 5.02 Å². The van der Waals surface area contributed by atoms with Crippen LogP contribution in [0.3, 0.4) is 0 Å². The monoisotopic (exact) mass is 382 g/mol. The van der Waals surface area contributed by atoms with E-state index in [-0.39, 0.29) is 11.8 Å². The summed E-state index contributed by atoms with van der Waals surface area (Å²) in [6.45, 7) is 0.658. The molecule has 5 nitrogen and oxygen atoms in total. The Hall–Kier alpha value is -2.66. The highest BCUT2D eigenvalue weighted by molar-refractivity contribution is 6.30. The number of pyridine rings is 1. The molecule has 1 unspecified atom stereocenters. The molecule has 2 heterocycles. The largest absolute Gasteiger partial charge is 0.348 e. The van der Waals surface area contributed by atoms with Crippen LogP contribution in [0.25, 0.3) is 0 Å². The van der Waals surface area contributed by atoms with Gasteiger partial charge in [-0.2, -0.15) is 0 Å². The molecule has 1 N–H and O–H groups in total. The number of nitrogens with zero attached hydrogens (tertiary/aromatic N) is 3. The normalized spacial score (nSPS) is 11.9. The third-order valence-electron chi connectivity index (χ3n) is 4.66. The lowest BCUT2D eigenvalue weighted by Crippen LogP contribution is -2.29. The second-order valence-corrected chi connectivity index (χ2v) is 6.98. The first kappa shape index (κ1) is 19.1. The minimum Gasteiger partial charge on any atom is -0.348 e. The first-order valence-electron chi connectivity index (χ1n) is 9.01. The van der Waals surface area contributed by atoms with Gasteiger partial charge in [0.15, 0.2) is 0 Å². The first-order valence-corrected chi connectivity index (χ1v) is 9.39. The summed E-state index contributed by atoms with van der Waals surface area (Å²) in [5, 5.41) is 0.713. The van der Waals surface area contributed by atoms with Gasteiger partial charge in [-0.3, -0.25) is 9.78 Å². The fourth-order valence-corrected chi connectivity index (χ4v) is 3.19. The maximum atomic E-state index is 12.4. The van der Waals surface area contributed by atoms with Gasteiger partial charge in [0.1, 0.15) is 0 Å². The third kappa shape index (κ3) is 5.41. The molecule has 1 atom stereocenters. The number of nitrogens with one attached hydrogen (secondary N) is 1. The molecular formula is C21H23ClN4O. The van der Waals surface area contributed by atoms with Crippen molar-refractivity contribution in [2.24, 2.45) is 0 Å². The maximum Gasteiger partial charge on any atom is 0.222 e. The Labute approximate surface area is 164 Å². The van der Waals surface area contributed by atoms with Gasteiger partial charge in [-0.1, -0.05) is 29.8 Å². The van der Waals surface area contributed by atoms with E-state index in [0.29, 0.717) is 24.4 Å². The molecule has 0 saturated carbocycles. The summed E-state index contributed by atoms with van der Waals surface area (Å²) in [7, 11) is 1.85. The van der Waals surface area contributed by atoms with E-state index < -0.39 is 0 Å². The Kier molecular flexibility index (Phi) is 6.60. The topological polar surface area (TPSA) is 61.9 Å². The first-order chi connectivity index (χ1) is 13.1. The van der Waals surface area contributed by atoms with Crippen molar-refractivity contribution < 1.29 is 4.79 Å². The molecule has 3 aromatic rings. The minimum atomic E-state index is 0.117. The molecular weight excluding hydrogens is 360 g/mol. The summed E-state index contributed by atoms with van der Waals surface area (Å²) in [5.74, 6) is 0.242. The lowest BCUT2D eigenvalue weighted by atomic mass is 9.92. The van der Waals surface area contributed by atoms with Gasteiger partial charge in [0, 0.05) is 54.7 Å². The van der Waals surface area contributed by atoms with Crippen molar-refractivity contribution in [3.8, 4) is 0 Å². The van der Waals surface area contributed by atoms with Gasteiger partial charge in [0.25, 0.3) is 0 Å². The van der Waals surface area contributed by atoms with Crippen LogP contribution in [-0.4, -0.2) is 39.4 Å². The molecule has 0 saturated heterocycles. The second-order valence-electron chi connectivity index (χ2n) is 6.54. The zero-order valence-electron chi connectivity index (χ0n) is 15.3. The molecule has 1 amide bonds. The molecule has 3 rings (SSSR count). The second kappa shape index (κ2) is 9.33. The minimum absolute atomic E-state index is 0.117. The molecule has 140 valence electrons. The summed E-state index contributed by atoms with van der Waals surface area (Å²) in [5.41, 5.74) is 3.12. The number of amides is 1. The van der Waals surface area contributed by atoms with Gasteiger partial charge in [-0.05, 0) is 42.7 Å². The van der Waals surface area contributed by atoms with Gasteiger partial charge in [-0.15, -0.1) is 0 Å². The van der Waals surface area contributed by atoms with Crippen LogP contribution < -0.4 is 0 Å². The van der Waals surface area contributed by atoms with Crippen LogP contribution in [0.15, 0.2) is 61.2 Å². The molecule has 0 aliphatic rings. The Balaban J connectivity index is 1.63. The van der Waals surface area contributed by atoms with E-state index in [0.717, 1.165) is 23.4 Å². The number of carbonyl (C=O) groups excluding carboxylic acids is 1. The van der Waals surface area contributed by atoms with Crippen LogP contribution in [0, 0.1) is 0 Å². The van der Waals surface area contributed by atoms with Crippen molar-refractivity contribution in [1.29, 1.82) is 0 Å². The highest BCUT2D eigenvalue weighted by atomic mass is 35.5. The number of aromatic nitrogens is 3. The standard InChI is InChI=1S/C21H23ClN4O/c1-26(21(27)10-9-18-14-23-15-25-18)13-11-19(20-4-2-3-12-24-20)16-5-7-17(22)8-6-16/h2-8,12,14-15,19H,9-11,13H2,1H3,(H,23,25). The summed E-state index contributed by atoms with van der Waals surface area (Å²) in [6.07, 6.45) is 7.12. The number of halogens is 1. The molecule has 0 radical (unpaired) electrons. The van der Waals surface area contributed by atoms with Gasteiger partial charge in [0.05, 0.1) is 6.33 Å². The fourth-order valence-electron chi connectivity index (χ4n) is 3.06. The predicted molar refractivity (Wildman–Crippen MR) is 107 cm³/mol. The van der Waals surface area contributed by atoms with Crippen molar-refractivity contribution in [1.82, 2.24) is 19.9 Å². The Morgan fingerprint density at radius 1 is 1.22 bits per heavy atom. The number of hydrogen-bond acceptors (Lipinski definition) is 3. The van der Waals surface area contributed by atoms with Gasteiger partial charge in [0.2, 0.25) is 5.91 Å². The van der Waals surface area contributed by atoms with E-state index in [9.17, 15) is 4.79 Å². The Bertz CT molecular complexity index is 834. The number of imidazole rings is 1. The van der Waals surface area contributed by atoms with Crippen molar-refractivity contribution in [3.63, 3.8) is 0 Å². The van der Waals surface area contributed by atoms with Gasteiger partial charge in [-0.25, -0.2) is 4.98 Å². The Morgan fingerprint density at radius 3 is 2.70 bits per heavy atom. The number of benzene rings is 1. The summed E-state index contributed by atoms with van der Waals surface area (Å²) >= 11 is 6.03. The zero-order chi connectivity index (χ0) is 19.1. The lowest BCUT2D eigenvalue weighted by Gasteiger charge is -2.22. The number of aromatic amines is 1.